The van der Waals surface area contributed by atoms with E-state index in [2.05, 4.69) is 47.1 Å². The van der Waals surface area contributed by atoms with Crippen LogP contribution in [0.4, 0.5) is 5.13 Å². The molecule has 0 bridgehead atoms. The van der Waals surface area contributed by atoms with Crippen LogP contribution < -0.4 is 5.32 Å². The highest BCUT2D eigenvalue weighted by Gasteiger charge is 2.12. The van der Waals surface area contributed by atoms with Crippen LogP contribution in [0.25, 0.3) is 21.1 Å². The molecule has 2 aromatic heterocycles. The van der Waals surface area contributed by atoms with Crippen molar-refractivity contribution in [3.05, 3.63) is 57.1 Å². The highest BCUT2D eigenvalue weighted by atomic mass is 79.9. The van der Waals surface area contributed by atoms with Crippen LogP contribution in [0.1, 0.15) is 10.5 Å². The third kappa shape index (κ3) is 2.91. The van der Waals surface area contributed by atoms with E-state index in [9.17, 15) is 4.79 Å². The summed E-state index contributed by atoms with van der Waals surface area (Å²) in [4.78, 5) is 20.0. The number of anilines is 1. The second kappa shape index (κ2) is 5.74. The number of nitrogens with zero attached hydrogens (tertiary/aromatic N) is 1. The van der Waals surface area contributed by atoms with Gasteiger partial charge < -0.3 is 4.98 Å². The molecule has 114 valence electrons. The Morgan fingerprint density at radius 1 is 1.09 bits per heavy atom. The average molecular weight is 451 g/mol. The molecule has 4 nitrogen and oxygen atoms in total. The molecule has 4 aromatic rings. The molecule has 7 heteroatoms. The lowest BCUT2D eigenvalue weighted by Crippen LogP contribution is -2.11. The normalized spacial score (nSPS) is 11.2. The Hall–Kier alpha value is -1.70. The van der Waals surface area contributed by atoms with Crippen molar-refractivity contribution in [2.75, 3.05) is 5.32 Å². The molecule has 0 atom stereocenters. The van der Waals surface area contributed by atoms with Gasteiger partial charge in [0.2, 0.25) is 0 Å². The summed E-state index contributed by atoms with van der Waals surface area (Å²) >= 11 is 8.31. The maximum absolute atomic E-state index is 12.4. The molecule has 0 aliphatic heterocycles. The third-order valence-electron chi connectivity index (χ3n) is 3.40. The number of hydrogen-bond donors (Lipinski definition) is 2. The minimum Gasteiger partial charge on any atom is -0.351 e. The van der Waals surface area contributed by atoms with Crippen LogP contribution in [-0.4, -0.2) is 15.9 Å². The van der Waals surface area contributed by atoms with E-state index < -0.39 is 0 Å². The van der Waals surface area contributed by atoms with E-state index in [1.165, 1.54) is 11.3 Å². The summed E-state index contributed by atoms with van der Waals surface area (Å²) in [7, 11) is 0. The molecule has 0 fully saturated rings. The van der Waals surface area contributed by atoms with Gasteiger partial charge in [0.15, 0.2) is 5.13 Å². The fraction of sp³-hybridized carbons (Fsp3) is 0. The summed E-state index contributed by atoms with van der Waals surface area (Å²) in [6.07, 6.45) is 0. The SMILES string of the molecule is O=C(Nc1nc2cc(Br)ccc2s1)c1cc2cc(Br)ccc2[nH]1. The van der Waals surface area contributed by atoms with Gasteiger partial charge in [-0.1, -0.05) is 43.2 Å². The van der Waals surface area contributed by atoms with Gasteiger partial charge in [-0.15, -0.1) is 0 Å². The zero-order chi connectivity index (χ0) is 16.0. The van der Waals surface area contributed by atoms with Crippen molar-refractivity contribution in [1.29, 1.82) is 0 Å². The van der Waals surface area contributed by atoms with E-state index in [-0.39, 0.29) is 5.91 Å². The Morgan fingerprint density at radius 3 is 2.74 bits per heavy atom. The number of carbonyl (C=O) groups excluding carboxylic acids is 1. The number of hydrogen-bond acceptors (Lipinski definition) is 3. The second-order valence-corrected chi connectivity index (χ2v) is 7.86. The fourth-order valence-corrected chi connectivity index (χ4v) is 3.91. The number of rotatable bonds is 2. The van der Waals surface area contributed by atoms with E-state index in [4.69, 9.17) is 0 Å². The van der Waals surface area contributed by atoms with Gasteiger partial charge in [0.05, 0.1) is 10.2 Å². The lowest BCUT2D eigenvalue weighted by Gasteiger charge is -1.97. The van der Waals surface area contributed by atoms with E-state index in [1.807, 2.05) is 42.5 Å². The number of halogens is 2. The first kappa shape index (κ1) is 14.9. The van der Waals surface area contributed by atoms with E-state index in [0.717, 1.165) is 30.1 Å². The number of fused-ring (bicyclic) bond motifs is 2. The fourth-order valence-electron chi connectivity index (χ4n) is 2.34. The maximum Gasteiger partial charge on any atom is 0.273 e. The van der Waals surface area contributed by atoms with Crippen LogP contribution in [0.2, 0.25) is 0 Å². The molecule has 23 heavy (non-hydrogen) atoms. The van der Waals surface area contributed by atoms with Crippen LogP contribution in [0.5, 0.6) is 0 Å². The minimum atomic E-state index is -0.199. The van der Waals surface area contributed by atoms with Crippen molar-refractivity contribution in [3.63, 3.8) is 0 Å². The molecule has 0 unspecified atom stereocenters. The van der Waals surface area contributed by atoms with E-state index in [0.29, 0.717) is 10.8 Å². The van der Waals surface area contributed by atoms with Crippen molar-refractivity contribution < 1.29 is 4.79 Å². The van der Waals surface area contributed by atoms with Crippen LogP contribution in [0.3, 0.4) is 0 Å². The van der Waals surface area contributed by atoms with Crippen LogP contribution in [-0.2, 0) is 0 Å². The van der Waals surface area contributed by atoms with Gasteiger partial charge in [-0.2, -0.15) is 0 Å². The molecule has 2 aromatic carbocycles. The molecular formula is C16H9Br2N3OS. The molecule has 0 aliphatic rings. The zero-order valence-corrected chi connectivity index (χ0v) is 15.5. The zero-order valence-electron chi connectivity index (χ0n) is 11.6. The maximum atomic E-state index is 12.4. The number of thiazole rings is 1. The summed E-state index contributed by atoms with van der Waals surface area (Å²) in [6, 6.07) is 13.5. The lowest BCUT2D eigenvalue weighted by atomic mass is 10.2. The largest absolute Gasteiger partial charge is 0.351 e. The molecule has 2 N–H and O–H groups in total. The van der Waals surface area contributed by atoms with Crippen LogP contribution in [0.15, 0.2) is 51.4 Å². The predicted molar refractivity (Wildman–Crippen MR) is 101 cm³/mol. The van der Waals surface area contributed by atoms with Gasteiger partial charge in [-0.3, -0.25) is 10.1 Å². The molecule has 2 heterocycles. The van der Waals surface area contributed by atoms with E-state index in [1.54, 1.807) is 0 Å². The van der Waals surface area contributed by atoms with Crippen molar-refractivity contribution in [1.82, 2.24) is 9.97 Å². The summed E-state index contributed by atoms with van der Waals surface area (Å²) in [6.45, 7) is 0. The molecule has 0 saturated carbocycles. The number of amides is 1. The Bertz CT molecular complexity index is 1050. The predicted octanol–water partition coefficient (Wildman–Crippen LogP) is 5.55. The summed E-state index contributed by atoms with van der Waals surface area (Å²) < 4.78 is 2.98. The van der Waals surface area contributed by atoms with Crippen molar-refractivity contribution >= 4 is 75.4 Å². The number of nitrogens with one attached hydrogen (secondary N) is 2. The molecule has 1 amide bonds. The van der Waals surface area contributed by atoms with Gasteiger partial charge in [-0.05, 0) is 42.5 Å². The summed E-state index contributed by atoms with van der Waals surface area (Å²) in [5.74, 6) is -0.199. The highest BCUT2D eigenvalue weighted by Crippen LogP contribution is 2.28. The number of H-pyrrole nitrogens is 1. The smallest absolute Gasteiger partial charge is 0.273 e. The Labute approximate surface area is 152 Å². The lowest BCUT2D eigenvalue weighted by molar-refractivity contribution is 0.102. The Kier molecular flexibility index (Phi) is 3.71. The molecule has 0 radical (unpaired) electrons. The monoisotopic (exact) mass is 449 g/mol. The van der Waals surface area contributed by atoms with Gasteiger partial charge in [0, 0.05) is 19.8 Å². The molecule has 0 aliphatic carbocycles. The molecular weight excluding hydrogens is 442 g/mol. The van der Waals surface area contributed by atoms with Crippen LogP contribution in [0, 0.1) is 0 Å². The number of carbonyl (C=O) groups is 1. The van der Waals surface area contributed by atoms with Gasteiger partial charge in [-0.25, -0.2) is 4.98 Å². The van der Waals surface area contributed by atoms with Crippen LogP contribution >= 0.6 is 43.2 Å². The van der Waals surface area contributed by atoms with Crippen molar-refractivity contribution in [2.45, 2.75) is 0 Å². The quantitative estimate of drug-likeness (QED) is 0.420. The first-order valence-corrected chi connectivity index (χ1v) is 9.14. The van der Waals surface area contributed by atoms with Gasteiger partial charge >= 0.3 is 0 Å². The highest BCUT2D eigenvalue weighted by molar-refractivity contribution is 9.10. The molecule has 0 saturated heterocycles. The summed E-state index contributed by atoms with van der Waals surface area (Å²) in [5.41, 5.74) is 2.30. The standard InChI is InChI=1S/C16H9Br2N3OS/c17-9-1-3-11-8(5-9)6-13(19-11)15(22)21-16-20-12-7-10(18)2-4-14(12)23-16/h1-7,19H,(H,20,21,22). The van der Waals surface area contributed by atoms with Gasteiger partial charge in [0.25, 0.3) is 5.91 Å². The first-order chi connectivity index (χ1) is 11.1. The minimum absolute atomic E-state index is 0.199. The number of aromatic amines is 1. The summed E-state index contributed by atoms with van der Waals surface area (Å²) in [5, 5.41) is 4.42. The Balaban J connectivity index is 1.64. The first-order valence-electron chi connectivity index (χ1n) is 6.74. The second-order valence-electron chi connectivity index (χ2n) is 5.00. The van der Waals surface area contributed by atoms with Crippen molar-refractivity contribution in [3.8, 4) is 0 Å². The van der Waals surface area contributed by atoms with Crippen molar-refractivity contribution in [2.24, 2.45) is 0 Å². The number of benzene rings is 2. The molecule has 0 spiro atoms. The van der Waals surface area contributed by atoms with Gasteiger partial charge in [0.1, 0.15) is 5.69 Å². The average Bonchev–Trinajstić information content (AvgIpc) is 3.09. The van der Waals surface area contributed by atoms with E-state index >= 15 is 0 Å². The Morgan fingerprint density at radius 2 is 1.87 bits per heavy atom. The number of aromatic nitrogens is 2. The topological polar surface area (TPSA) is 57.8 Å². The molecule has 4 rings (SSSR count). The third-order valence-corrected chi connectivity index (χ3v) is 5.34.